The molecule has 1 saturated heterocycles. The molecule has 0 N–H and O–H groups in total. The lowest BCUT2D eigenvalue weighted by Gasteiger charge is -2.14. The lowest BCUT2D eigenvalue weighted by molar-refractivity contribution is -0.113. The van der Waals surface area contributed by atoms with Crippen molar-refractivity contribution in [1.29, 1.82) is 0 Å². The number of ether oxygens (including phenoxy) is 3. The SMILES string of the molecule is CCOc1cc(C=C2SC(=S)N(c3ccccc3)C2=O)ccc1OCCCOc1ccc(C(C)CC)cc1. The van der Waals surface area contributed by atoms with Crippen LogP contribution in [-0.2, 0) is 4.79 Å². The maximum absolute atomic E-state index is 13.0. The third-order valence-electron chi connectivity index (χ3n) is 6.25. The largest absolute Gasteiger partial charge is 0.493 e. The molecule has 0 saturated carbocycles. The summed E-state index contributed by atoms with van der Waals surface area (Å²) in [5.41, 5.74) is 2.95. The predicted octanol–water partition coefficient (Wildman–Crippen LogP) is 7.85. The maximum Gasteiger partial charge on any atom is 0.270 e. The average Bonchev–Trinajstić information content (AvgIpc) is 3.22. The number of amides is 1. The van der Waals surface area contributed by atoms with Crippen LogP contribution in [0.2, 0.25) is 0 Å². The van der Waals surface area contributed by atoms with Crippen molar-refractivity contribution in [3.05, 3.63) is 88.8 Å². The van der Waals surface area contributed by atoms with Crippen LogP contribution in [0.5, 0.6) is 17.2 Å². The van der Waals surface area contributed by atoms with Crippen molar-refractivity contribution in [1.82, 2.24) is 0 Å². The summed E-state index contributed by atoms with van der Waals surface area (Å²) in [5.74, 6) is 2.60. The fourth-order valence-corrected chi connectivity index (χ4v) is 5.28. The van der Waals surface area contributed by atoms with Crippen LogP contribution in [0.25, 0.3) is 6.08 Å². The van der Waals surface area contributed by atoms with Crippen LogP contribution >= 0.6 is 24.0 Å². The zero-order chi connectivity index (χ0) is 26.9. The highest BCUT2D eigenvalue weighted by Gasteiger charge is 2.33. The lowest BCUT2D eigenvalue weighted by atomic mass is 9.99. The van der Waals surface area contributed by atoms with Gasteiger partial charge < -0.3 is 14.2 Å². The van der Waals surface area contributed by atoms with Gasteiger partial charge in [0.05, 0.1) is 30.4 Å². The van der Waals surface area contributed by atoms with Crippen LogP contribution in [0.1, 0.15) is 50.7 Å². The molecule has 1 aliphatic heterocycles. The zero-order valence-electron chi connectivity index (χ0n) is 22.0. The van der Waals surface area contributed by atoms with Gasteiger partial charge >= 0.3 is 0 Å². The molecule has 1 amide bonds. The predicted molar refractivity (Wildman–Crippen MR) is 160 cm³/mol. The van der Waals surface area contributed by atoms with Gasteiger partial charge in [-0.2, -0.15) is 0 Å². The van der Waals surface area contributed by atoms with E-state index in [0.29, 0.717) is 46.5 Å². The Balaban J connectivity index is 1.34. The summed E-state index contributed by atoms with van der Waals surface area (Å²) in [6.45, 7) is 7.93. The Bertz CT molecular complexity index is 1270. The van der Waals surface area contributed by atoms with Crippen molar-refractivity contribution in [3.63, 3.8) is 0 Å². The van der Waals surface area contributed by atoms with E-state index in [1.54, 1.807) is 4.90 Å². The number of anilines is 1. The standard InChI is InChI=1S/C31H33NO4S2/c1-4-22(3)24-13-15-26(16-14-24)35-18-9-19-36-27-17-12-23(20-28(27)34-5-2)21-29-30(33)32(31(37)38-29)25-10-7-6-8-11-25/h6-8,10-17,20-22H,4-5,9,18-19H2,1-3H3. The smallest absolute Gasteiger partial charge is 0.270 e. The van der Waals surface area contributed by atoms with Gasteiger partial charge in [0, 0.05) is 6.42 Å². The van der Waals surface area contributed by atoms with Crippen molar-refractivity contribution in [2.45, 2.75) is 39.5 Å². The van der Waals surface area contributed by atoms with Crippen molar-refractivity contribution in [2.75, 3.05) is 24.7 Å². The zero-order valence-corrected chi connectivity index (χ0v) is 23.6. The van der Waals surface area contributed by atoms with Gasteiger partial charge in [-0.05, 0) is 72.9 Å². The molecule has 4 rings (SSSR count). The first-order chi connectivity index (χ1) is 18.5. The minimum Gasteiger partial charge on any atom is -0.493 e. The number of hydrogen-bond acceptors (Lipinski definition) is 6. The van der Waals surface area contributed by atoms with E-state index in [-0.39, 0.29) is 5.91 Å². The van der Waals surface area contributed by atoms with Crippen LogP contribution in [0.15, 0.2) is 77.7 Å². The molecular formula is C31H33NO4S2. The molecule has 0 aliphatic carbocycles. The summed E-state index contributed by atoms with van der Waals surface area (Å²) in [6, 6.07) is 23.5. The highest BCUT2D eigenvalue weighted by molar-refractivity contribution is 8.27. The summed E-state index contributed by atoms with van der Waals surface area (Å²) >= 11 is 6.77. The van der Waals surface area contributed by atoms with Crippen LogP contribution in [-0.4, -0.2) is 30.0 Å². The Labute approximate surface area is 234 Å². The number of nitrogens with zero attached hydrogens (tertiary/aromatic N) is 1. The Morgan fingerprint density at radius 1 is 0.921 bits per heavy atom. The number of para-hydroxylation sites is 1. The molecule has 1 atom stereocenters. The Hall–Kier alpha value is -3.29. The quantitative estimate of drug-likeness (QED) is 0.131. The molecule has 0 spiro atoms. The lowest BCUT2D eigenvalue weighted by Crippen LogP contribution is -2.27. The first-order valence-electron chi connectivity index (χ1n) is 13.0. The Kier molecular flexibility index (Phi) is 9.85. The van der Waals surface area contributed by atoms with E-state index >= 15 is 0 Å². The average molecular weight is 548 g/mol. The van der Waals surface area contributed by atoms with Gasteiger partial charge in [0.2, 0.25) is 0 Å². The van der Waals surface area contributed by atoms with E-state index in [2.05, 4.69) is 26.0 Å². The molecule has 0 aromatic heterocycles. The fourth-order valence-electron chi connectivity index (χ4n) is 3.98. The number of carbonyl (C=O) groups excluding carboxylic acids is 1. The third kappa shape index (κ3) is 6.97. The van der Waals surface area contributed by atoms with E-state index in [1.807, 2.05) is 73.7 Å². The number of thioether (sulfide) groups is 1. The third-order valence-corrected chi connectivity index (χ3v) is 7.55. The molecule has 3 aromatic rings. The molecule has 1 aliphatic rings. The fraction of sp³-hybridized carbons (Fsp3) is 0.290. The molecule has 3 aromatic carbocycles. The maximum atomic E-state index is 13.0. The highest BCUT2D eigenvalue weighted by atomic mass is 32.2. The summed E-state index contributed by atoms with van der Waals surface area (Å²) in [6.07, 6.45) is 3.70. The second-order valence-electron chi connectivity index (χ2n) is 8.92. The minimum atomic E-state index is -0.126. The van der Waals surface area contributed by atoms with Gasteiger partial charge in [-0.15, -0.1) is 0 Å². The molecule has 38 heavy (non-hydrogen) atoms. The normalized spacial score (nSPS) is 15.1. The highest BCUT2D eigenvalue weighted by Crippen LogP contribution is 2.37. The number of benzene rings is 3. The number of rotatable bonds is 12. The monoisotopic (exact) mass is 547 g/mol. The van der Waals surface area contributed by atoms with Crippen molar-refractivity contribution in [3.8, 4) is 17.2 Å². The molecular weight excluding hydrogens is 514 g/mol. The van der Waals surface area contributed by atoms with Gasteiger partial charge in [-0.25, -0.2) is 0 Å². The van der Waals surface area contributed by atoms with Crippen molar-refractivity contribution < 1.29 is 19.0 Å². The minimum absolute atomic E-state index is 0.126. The summed E-state index contributed by atoms with van der Waals surface area (Å²) in [4.78, 5) is 15.2. The summed E-state index contributed by atoms with van der Waals surface area (Å²) in [7, 11) is 0. The van der Waals surface area contributed by atoms with Crippen LogP contribution in [0.3, 0.4) is 0 Å². The van der Waals surface area contributed by atoms with Gasteiger partial charge in [0.15, 0.2) is 15.8 Å². The van der Waals surface area contributed by atoms with Crippen molar-refractivity contribution in [2.24, 2.45) is 0 Å². The molecule has 5 nitrogen and oxygen atoms in total. The first kappa shape index (κ1) is 27.7. The van der Waals surface area contributed by atoms with E-state index in [0.717, 1.165) is 29.8 Å². The molecule has 7 heteroatoms. The van der Waals surface area contributed by atoms with Crippen LogP contribution in [0, 0.1) is 0 Å². The number of thiocarbonyl (C=S) groups is 1. The Morgan fingerprint density at radius 2 is 1.66 bits per heavy atom. The summed E-state index contributed by atoms with van der Waals surface area (Å²) < 4.78 is 18.2. The Morgan fingerprint density at radius 3 is 2.37 bits per heavy atom. The topological polar surface area (TPSA) is 48.0 Å². The second kappa shape index (κ2) is 13.5. The van der Waals surface area contributed by atoms with E-state index < -0.39 is 0 Å². The van der Waals surface area contributed by atoms with E-state index in [4.69, 9.17) is 26.4 Å². The van der Waals surface area contributed by atoms with Gasteiger partial charge in [-0.3, -0.25) is 9.69 Å². The molecule has 0 radical (unpaired) electrons. The van der Waals surface area contributed by atoms with Crippen molar-refractivity contribution >= 4 is 46.0 Å². The molecule has 1 unspecified atom stereocenters. The number of hydrogen-bond donors (Lipinski definition) is 0. The number of carbonyl (C=O) groups is 1. The van der Waals surface area contributed by atoms with Gasteiger partial charge in [0.1, 0.15) is 5.75 Å². The van der Waals surface area contributed by atoms with E-state index in [1.165, 1.54) is 17.3 Å². The van der Waals surface area contributed by atoms with Crippen LogP contribution in [0.4, 0.5) is 5.69 Å². The molecule has 1 fully saturated rings. The van der Waals surface area contributed by atoms with Gasteiger partial charge in [-0.1, -0.05) is 74.2 Å². The molecule has 1 heterocycles. The molecule has 198 valence electrons. The van der Waals surface area contributed by atoms with E-state index in [9.17, 15) is 4.79 Å². The first-order valence-corrected chi connectivity index (χ1v) is 14.2. The van der Waals surface area contributed by atoms with Crippen LogP contribution < -0.4 is 19.1 Å². The summed E-state index contributed by atoms with van der Waals surface area (Å²) in [5, 5.41) is 0. The van der Waals surface area contributed by atoms with Gasteiger partial charge in [0.25, 0.3) is 5.91 Å². The molecule has 0 bridgehead atoms. The second-order valence-corrected chi connectivity index (χ2v) is 10.6.